The fraction of sp³-hybridized carbons (Fsp3) is 0.333. The Balaban J connectivity index is 0.00000144. The summed E-state index contributed by atoms with van der Waals surface area (Å²) in [6.07, 6.45) is 0.598. The van der Waals surface area contributed by atoms with Gasteiger partial charge >= 0.3 is 0 Å². The van der Waals surface area contributed by atoms with Gasteiger partial charge in [-0.3, -0.25) is 0 Å². The standard InChI is InChI=1S/C9H11F2N.ClH/c1-2-8(12)6-4-3-5-7(10)9(6)11;/h3-5,8H,2,12H2,1H3;1H/t8-;/m1./s1. The molecule has 0 aliphatic carbocycles. The molecule has 0 spiro atoms. The van der Waals surface area contributed by atoms with Gasteiger partial charge in [0.05, 0.1) is 0 Å². The second kappa shape index (κ2) is 5.14. The Morgan fingerprint density at radius 2 is 2.00 bits per heavy atom. The van der Waals surface area contributed by atoms with E-state index in [2.05, 4.69) is 0 Å². The first-order valence-corrected chi connectivity index (χ1v) is 3.86. The van der Waals surface area contributed by atoms with E-state index in [1.54, 1.807) is 0 Å². The summed E-state index contributed by atoms with van der Waals surface area (Å²) in [6.45, 7) is 1.83. The van der Waals surface area contributed by atoms with Gasteiger partial charge in [0.1, 0.15) is 0 Å². The van der Waals surface area contributed by atoms with Crippen LogP contribution in [0.3, 0.4) is 0 Å². The Labute approximate surface area is 82.4 Å². The predicted molar refractivity (Wildman–Crippen MR) is 50.8 cm³/mol. The summed E-state index contributed by atoms with van der Waals surface area (Å²) in [5.41, 5.74) is 5.80. The van der Waals surface area contributed by atoms with Gasteiger partial charge in [0.25, 0.3) is 0 Å². The highest BCUT2D eigenvalue weighted by molar-refractivity contribution is 5.85. The molecule has 0 radical (unpaired) electrons. The lowest BCUT2D eigenvalue weighted by Crippen LogP contribution is -2.11. The minimum Gasteiger partial charge on any atom is -0.324 e. The molecule has 1 aromatic rings. The topological polar surface area (TPSA) is 26.0 Å². The second-order valence-electron chi connectivity index (χ2n) is 2.66. The average Bonchev–Trinajstić information content (AvgIpc) is 2.08. The molecule has 1 aromatic carbocycles. The van der Waals surface area contributed by atoms with Crippen LogP contribution in [0.25, 0.3) is 0 Å². The number of nitrogens with two attached hydrogens (primary N) is 1. The van der Waals surface area contributed by atoms with Crippen molar-refractivity contribution in [1.82, 2.24) is 0 Å². The Morgan fingerprint density at radius 3 is 2.54 bits per heavy atom. The van der Waals surface area contributed by atoms with E-state index >= 15 is 0 Å². The molecule has 1 atom stereocenters. The van der Waals surface area contributed by atoms with Crippen LogP contribution in [-0.2, 0) is 0 Å². The SMILES string of the molecule is CC[C@@H](N)c1cccc(F)c1F.Cl. The van der Waals surface area contributed by atoms with Crippen molar-refractivity contribution in [3.63, 3.8) is 0 Å². The van der Waals surface area contributed by atoms with E-state index in [0.717, 1.165) is 6.07 Å². The van der Waals surface area contributed by atoms with Gasteiger partial charge in [-0.25, -0.2) is 8.78 Å². The molecule has 0 unspecified atom stereocenters. The Morgan fingerprint density at radius 1 is 1.38 bits per heavy atom. The van der Waals surface area contributed by atoms with E-state index in [9.17, 15) is 8.78 Å². The van der Waals surface area contributed by atoms with Crippen molar-refractivity contribution < 1.29 is 8.78 Å². The van der Waals surface area contributed by atoms with Crippen LogP contribution in [0.5, 0.6) is 0 Å². The number of hydrogen-bond donors (Lipinski definition) is 1. The largest absolute Gasteiger partial charge is 0.324 e. The van der Waals surface area contributed by atoms with Crippen LogP contribution in [0, 0.1) is 11.6 Å². The van der Waals surface area contributed by atoms with Gasteiger partial charge in [0.2, 0.25) is 0 Å². The highest BCUT2D eigenvalue weighted by Crippen LogP contribution is 2.19. The van der Waals surface area contributed by atoms with E-state index in [0.29, 0.717) is 6.42 Å². The third-order valence-corrected chi connectivity index (χ3v) is 1.82. The highest BCUT2D eigenvalue weighted by atomic mass is 35.5. The summed E-state index contributed by atoms with van der Waals surface area (Å²) in [4.78, 5) is 0. The first-order valence-electron chi connectivity index (χ1n) is 3.86. The molecule has 4 heteroatoms. The fourth-order valence-electron chi connectivity index (χ4n) is 1.03. The molecule has 0 aliphatic rings. The van der Waals surface area contributed by atoms with Crippen LogP contribution in [0.2, 0.25) is 0 Å². The number of rotatable bonds is 2. The van der Waals surface area contributed by atoms with Gasteiger partial charge in [0.15, 0.2) is 11.6 Å². The third kappa shape index (κ3) is 2.64. The molecular weight excluding hydrogens is 196 g/mol. The monoisotopic (exact) mass is 207 g/mol. The molecule has 13 heavy (non-hydrogen) atoms. The molecule has 0 aromatic heterocycles. The quantitative estimate of drug-likeness (QED) is 0.793. The molecule has 74 valence electrons. The molecule has 0 amide bonds. The first kappa shape index (κ1) is 12.3. The smallest absolute Gasteiger partial charge is 0.163 e. The van der Waals surface area contributed by atoms with Crippen molar-refractivity contribution in [3.8, 4) is 0 Å². The van der Waals surface area contributed by atoms with Gasteiger partial charge in [-0.2, -0.15) is 0 Å². The lowest BCUT2D eigenvalue weighted by molar-refractivity contribution is 0.486. The molecule has 0 fully saturated rings. The van der Waals surface area contributed by atoms with E-state index in [1.807, 2.05) is 6.92 Å². The van der Waals surface area contributed by atoms with Crippen molar-refractivity contribution in [2.75, 3.05) is 0 Å². The predicted octanol–water partition coefficient (Wildman–Crippen LogP) is 2.80. The van der Waals surface area contributed by atoms with Crippen molar-refractivity contribution in [3.05, 3.63) is 35.4 Å². The average molecular weight is 208 g/mol. The van der Waals surface area contributed by atoms with Crippen LogP contribution in [-0.4, -0.2) is 0 Å². The lowest BCUT2D eigenvalue weighted by atomic mass is 10.1. The summed E-state index contributed by atoms with van der Waals surface area (Å²) in [6, 6.07) is 3.64. The molecule has 2 N–H and O–H groups in total. The molecule has 0 saturated heterocycles. The van der Waals surface area contributed by atoms with E-state index in [-0.39, 0.29) is 18.0 Å². The zero-order valence-corrected chi connectivity index (χ0v) is 8.07. The van der Waals surface area contributed by atoms with Crippen molar-refractivity contribution in [2.24, 2.45) is 5.73 Å². The maximum absolute atomic E-state index is 13.0. The summed E-state index contributed by atoms with van der Waals surface area (Å²) in [7, 11) is 0. The Hall–Kier alpha value is -0.670. The summed E-state index contributed by atoms with van der Waals surface area (Å²) >= 11 is 0. The minimum atomic E-state index is -0.837. The van der Waals surface area contributed by atoms with Crippen molar-refractivity contribution in [1.29, 1.82) is 0 Å². The van der Waals surface area contributed by atoms with Crippen molar-refractivity contribution >= 4 is 12.4 Å². The highest BCUT2D eigenvalue weighted by Gasteiger charge is 2.12. The fourth-order valence-corrected chi connectivity index (χ4v) is 1.03. The van der Waals surface area contributed by atoms with Gasteiger partial charge in [-0.15, -0.1) is 12.4 Å². The molecule has 0 heterocycles. The molecule has 1 rings (SSSR count). The zero-order valence-electron chi connectivity index (χ0n) is 7.26. The molecule has 0 aliphatic heterocycles. The van der Waals surface area contributed by atoms with Gasteiger partial charge in [-0.05, 0) is 12.5 Å². The van der Waals surface area contributed by atoms with E-state index in [1.165, 1.54) is 12.1 Å². The number of halogens is 3. The van der Waals surface area contributed by atoms with Gasteiger partial charge in [0, 0.05) is 11.6 Å². The maximum Gasteiger partial charge on any atom is 0.163 e. The third-order valence-electron chi connectivity index (χ3n) is 1.82. The minimum absolute atomic E-state index is 0. The normalized spacial score (nSPS) is 12.0. The number of benzene rings is 1. The first-order chi connectivity index (χ1) is 5.66. The van der Waals surface area contributed by atoms with Gasteiger partial charge in [-0.1, -0.05) is 19.1 Å². The van der Waals surface area contributed by atoms with Crippen LogP contribution in [0.1, 0.15) is 24.9 Å². The van der Waals surface area contributed by atoms with Crippen LogP contribution in [0.15, 0.2) is 18.2 Å². The summed E-state index contributed by atoms with van der Waals surface area (Å²) in [5, 5.41) is 0. The van der Waals surface area contributed by atoms with Crippen LogP contribution >= 0.6 is 12.4 Å². The Bertz CT molecular complexity index is 278. The second-order valence-corrected chi connectivity index (χ2v) is 2.66. The van der Waals surface area contributed by atoms with Crippen LogP contribution < -0.4 is 5.73 Å². The molecule has 0 bridgehead atoms. The summed E-state index contributed by atoms with van der Waals surface area (Å²) in [5.74, 6) is -1.66. The Kier molecular flexibility index (Phi) is 4.88. The van der Waals surface area contributed by atoms with Crippen LogP contribution in [0.4, 0.5) is 8.78 Å². The molecular formula is C9H12ClF2N. The zero-order chi connectivity index (χ0) is 9.14. The molecule has 0 saturated carbocycles. The van der Waals surface area contributed by atoms with Gasteiger partial charge < -0.3 is 5.73 Å². The van der Waals surface area contributed by atoms with Crippen molar-refractivity contribution in [2.45, 2.75) is 19.4 Å². The number of hydrogen-bond acceptors (Lipinski definition) is 1. The molecule has 1 nitrogen and oxygen atoms in total. The summed E-state index contributed by atoms with van der Waals surface area (Å²) < 4.78 is 25.6. The van der Waals surface area contributed by atoms with E-state index in [4.69, 9.17) is 5.73 Å². The lowest BCUT2D eigenvalue weighted by Gasteiger charge is -2.09. The maximum atomic E-state index is 13.0. The van der Waals surface area contributed by atoms with E-state index < -0.39 is 17.7 Å².